The van der Waals surface area contributed by atoms with Gasteiger partial charge in [-0.25, -0.2) is 4.79 Å². The summed E-state index contributed by atoms with van der Waals surface area (Å²) in [5, 5.41) is 2.89. The number of hydrogen-bond donors (Lipinski definition) is 1. The molecule has 0 aromatic heterocycles. The molecule has 0 fully saturated rings. The van der Waals surface area contributed by atoms with Gasteiger partial charge in [-0.2, -0.15) is 0 Å². The molecule has 0 atom stereocenters. The number of amides is 1. The minimum atomic E-state index is -0.385. The zero-order valence-corrected chi connectivity index (χ0v) is 18.2. The zero-order chi connectivity index (χ0) is 20.1. The monoisotopic (exact) mass is 505 g/mol. The summed E-state index contributed by atoms with van der Waals surface area (Å²) < 4.78 is 10.9. The van der Waals surface area contributed by atoms with Gasteiger partial charge in [0.2, 0.25) is 5.91 Å². The summed E-state index contributed by atoms with van der Waals surface area (Å²) in [4.78, 5) is 23.7. The first-order chi connectivity index (χ1) is 13.4. The molecular weight excluding hydrogens is 490 g/mol. The van der Waals surface area contributed by atoms with Crippen LogP contribution in [0.5, 0.6) is 5.75 Å². The minimum absolute atomic E-state index is 0.0937. The molecule has 0 unspecified atom stereocenters. The molecule has 3 rings (SSSR count). The van der Waals surface area contributed by atoms with Gasteiger partial charge in [0, 0.05) is 23.8 Å². The second-order valence-corrected chi connectivity index (χ2v) is 8.78. The lowest BCUT2D eigenvalue weighted by molar-refractivity contribution is -0.132. The van der Waals surface area contributed by atoms with E-state index in [4.69, 9.17) is 9.47 Å². The van der Waals surface area contributed by atoms with E-state index < -0.39 is 0 Å². The first-order valence-corrected chi connectivity index (χ1v) is 10.0. The average molecular weight is 507 g/mol. The molecule has 1 heterocycles. The largest absolute Gasteiger partial charge is 0.497 e. The molecule has 0 saturated carbocycles. The Hall–Kier alpha value is -2.38. The molecule has 0 radical (unpaired) electrons. The molecule has 7 heteroatoms. The van der Waals surface area contributed by atoms with Crippen molar-refractivity contribution in [2.45, 2.75) is 12.8 Å². The van der Waals surface area contributed by atoms with Crippen LogP contribution in [0.15, 0.2) is 69.3 Å². The first-order valence-electron chi connectivity index (χ1n) is 8.44. The number of ether oxygens (including phenoxy) is 2. The fraction of sp³-hybridized carbons (Fsp3) is 0.143. The van der Waals surface area contributed by atoms with Gasteiger partial charge in [-0.15, -0.1) is 0 Å². The van der Waals surface area contributed by atoms with Crippen molar-refractivity contribution in [3.63, 3.8) is 0 Å². The van der Waals surface area contributed by atoms with Crippen LogP contribution in [0.4, 0.5) is 5.69 Å². The predicted octanol–water partition coefficient (Wildman–Crippen LogP) is 4.86. The lowest BCUT2D eigenvalue weighted by Crippen LogP contribution is -2.14. The van der Waals surface area contributed by atoms with E-state index in [2.05, 4.69) is 37.2 Å². The Morgan fingerprint density at radius 1 is 1.04 bits per heavy atom. The number of esters is 1. The maximum Gasteiger partial charge on any atom is 0.336 e. The van der Waals surface area contributed by atoms with E-state index in [0.29, 0.717) is 21.3 Å². The summed E-state index contributed by atoms with van der Waals surface area (Å²) in [7, 11) is 1.61. The van der Waals surface area contributed by atoms with Gasteiger partial charge in [0.05, 0.1) is 13.5 Å². The minimum Gasteiger partial charge on any atom is -0.497 e. The van der Waals surface area contributed by atoms with Crippen LogP contribution in [0.1, 0.15) is 11.1 Å². The number of carbonyl (C=O) groups is 2. The second-order valence-electron chi connectivity index (χ2n) is 6.13. The molecule has 28 heavy (non-hydrogen) atoms. The molecule has 0 spiro atoms. The van der Waals surface area contributed by atoms with E-state index in [1.54, 1.807) is 7.11 Å². The molecule has 1 aliphatic rings. The zero-order valence-electron chi connectivity index (χ0n) is 15.0. The van der Waals surface area contributed by atoms with Gasteiger partial charge in [-0.1, -0.05) is 24.3 Å². The highest BCUT2D eigenvalue weighted by Crippen LogP contribution is 2.32. The van der Waals surface area contributed by atoms with E-state index in [1.165, 1.54) is 6.08 Å². The maximum absolute atomic E-state index is 12.2. The second kappa shape index (κ2) is 9.21. The number of anilines is 1. The summed E-state index contributed by atoms with van der Waals surface area (Å²) in [5.74, 6) is 0.767. The van der Waals surface area contributed by atoms with E-state index in [9.17, 15) is 9.59 Å². The van der Waals surface area contributed by atoms with Gasteiger partial charge in [0.1, 0.15) is 9.14 Å². The number of allylic oxidation sites excluding steroid dienone is 1. The highest BCUT2D eigenvalue weighted by atomic mass is 79.9. The van der Waals surface area contributed by atoms with Crippen LogP contribution in [0.3, 0.4) is 0 Å². The van der Waals surface area contributed by atoms with Crippen molar-refractivity contribution < 1.29 is 19.1 Å². The highest BCUT2D eigenvalue weighted by molar-refractivity contribution is 9.28. The maximum atomic E-state index is 12.2. The van der Waals surface area contributed by atoms with E-state index in [-0.39, 0.29) is 18.3 Å². The standard InChI is InChI=1S/C21H17Br2NO4/c1-27-17-8-4-14(5-9-17)11-18(25)24-16-6-2-13(3-7-16)10-15-12-19(26)28-20(15)21(22)23/h2-9,12H,10-11H2,1H3,(H,24,25). The van der Waals surface area contributed by atoms with Crippen LogP contribution in [0, 0.1) is 0 Å². The lowest BCUT2D eigenvalue weighted by atomic mass is 10.0. The van der Waals surface area contributed by atoms with Gasteiger partial charge in [-0.05, 0) is 67.3 Å². The Labute approximate surface area is 179 Å². The smallest absolute Gasteiger partial charge is 0.336 e. The SMILES string of the molecule is COc1ccc(CC(=O)Nc2ccc(CC3=CC(=O)OC3=C(Br)Br)cc2)cc1. The van der Waals surface area contributed by atoms with E-state index >= 15 is 0 Å². The lowest BCUT2D eigenvalue weighted by Gasteiger charge is -2.08. The number of cyclic esters (lactones) is 1. The topological polar surface area (TPSA) is 64.6 Å². The van der Waals surface area contributed by atoms with Crippen molar-refractivity contribution >= 4 is 49.4 Å². The third-order valence-corrected chi connectivity index (χ3v) is 4.83. The van der Waals surface area contributed by atoms with Gasteiger partial charge >= 0.3 is 5.97 Å². The molecule has 0 bridgehead atoms. The molecule has 1 amide bonds. The van der Waals surface area contributed by atoms with Gasteiger partial charge in [0.25, 0.3) is 0 Å². The fourth-order valence-electron chi connectivity index (χ4n) is 2.75. The summed E-state index contributed by atoms with van der Waals surface area (Å²) >= 11 is 6.56. The third kappa shape index (κ3) is 5.33. The van der Waals surface area contributed by atoms with E-state index in [0.717, 1.165) is 22.4 Å². The normalized spacial score (nSPS) is 13.0. The Bertz CT molecular complexity index is 943. The third-order valence-electron chi connectivity index (χ3n) is 4.11. The molecule has 2 aromatic carbocycles. The van der Waals surface area contributed by atoms with E-state index in [1.807, 2.05) is 48.5 Å². The first kappa shape index (κ1) is 20.4. The summed E-state index contributed by atoms with van der Waals surface area (Å²) in [6.07, 6.45) is 2.30. The van der Waals surface area contributed by atoms with Crippen LogP contribution in [0.2, 0.25) is 0 Å². The van der Waals surface area contributed by atoms with Crippen molar-refractivity contribution in [3.8, 4) is 5.75 Å². The van der Waals surface area contributed by atoms with Crippen molar-refractivity contribution in [2.24, 2.45) is 0 Å². The number of halogens is 2. The Balaban J connectivity index is 1.59. The number of hydrogen-bond acceptors (Lipinski definition) is 4. The molecule has 0 saturated heterocycles. The van der Waals surface area contributed by atoms with Gasteiger partial charge in [-0.3, -0.25) is 4.79 Å². The molecule has 5 nitrogen and oxygen atoms in total. The number of methoxy groups -OCH3 is 1. The van der Waals surface area contributed by atoms with Gasteiger partial charge in [0.15, 0.2) is 5.76 Å². The van der Waals surface area contributed by atoms with Crippen molar-refractivity contribution in [2.75, 3.05) is 12.4 Å². The predicted molar refractivity (Wildman–Crippen MR) is 115 cm³/mol. The molecule has 1 N–H and O–H groups in total. The van der Waals surface area contributed by atoms with Crippen molar-refractivity contribution in [1.82, 2.24) is 0 Å². The Kier molecular flexibility index (Phi) is 6.70. The number of benzene rings is 2. The van der Waals surface area contributed by atoms with Crippen LogP contribution in [0.25, 0.3) is 0 Å². The van der Waals surface area contributed by atoms with Crippen LogP contribution < -0.4 is 10.1 Å². The summed E-state index contributed by atoms with van der Waals surface area (Å²) in [6, 6.07) is 14.9. The number of carbonyl (C=O) groups excluding carboxylic acids is 2. The molecule has 144 valence electrons. The van der Waals surface area contributed by atoms with Crippen molar-refractivity contribution in [1.29, 1.82) is 0 Å². The van der Waals surface area contributed by atoms with Crippen LogP contribution in [-0.2, 0) is 27.2 Å². The fourth-order valence-corrected chi connectivity index (χ4v) is 3.43. The summed E-state index contributed by atoms with van der Waals surface area (Å²) in [6.45, 7) is 0. The quantitative estimate of drug-likeness (QED) is 0.568. The molecule has 2 aromatic rings. The molecular formula is C21H17Br2NO4. The number of rotatable bonds is 6. The van der Waals surface area contributed by atoms with Crippen LogP contribution >= 0.6 is 31.9 Å². The Morgan fingerprint density at radius 2 is 1.68 bits per heavy atom. The molecule has 0 aliphatic carbocycles. The summed E-state index contributed by atoms with van der Waals surface area (Å²) in [5.41, 5.74) is 3.40. The number of nitrogens with one attached hydrogen (secondary N) is 1. The van der Waals surface area contributed by atoms with Gasteiger partial charge < -0.3 is 14.8 Å². The average Bonchev–Trinajstić information content (AvgIpc) is 3.04. The highest BCUT2D eigenvalue weighted by Gasteiger charge is 2.22. The van der Waals surface area contributed by atoms with Crippen molar-refractivity contribution in [3.05, 3.63) is 80.5 Å². The van der Waals surface area contributed by atoms with Crippen LogP contribution in [-0.4, -0.2) is 19.0 Å². The molecule has 1 aliphatic heterocycles. The Morgan fingerprint density at radius 3 is 2.29 bits per heavy atom.